The number of carbonyl (C=O) groups excluding carboxylic acids is 1. The molecule has 0 atom stereocenters. The summed E-state index contributed by atoms with van der Waals surface area (Å²) in [7, 11) is 0. The minimum absolute atomic E-state index is 0.152. The van der Waals surface area contributed by atoms with Crippen molar-refractivity contribution in [3.8, 4) is 11.4 Å². The van der Waals surface area contributed by atoms with Crippen molar-refractivity contribution in [3.05, 3.63) is 82.7 Å². The van der Waals surface area contributed by atoms with E-state index in [-0.39, 0.29) is 17.3 Å². The topological polar surface area (TPSA) is 122 Å². The molecule has 3 heterocycles. The van der Waals surface area contributed by atoms with Gasteiger partial charge in [0.2, 0.25) is 5.91 Å². The van der Waals surface area contributed by atoms with E-state index in [2.05, 4.69) is 25.5 Å². The van der Waals surface area contributed by atoms with Crippen molar-refractivity contribution >= 4 is 34.4 Å². The zero-order valence-electron chi connectivity index (χ0n) is 17.7. The highest BCUT2D eigenvalue weighted by Crippen LogP contribution is 2.28. The second kappa shape index (κ2) is 8.83. The number of furan rings is 1. The van der Waals surface area contributed by atoms with Crippen molar-refractivity contribution in [1.29, 1.82) is 0 Å². The highest BCUT2D eigenvalue weighted by Gasteiger charge is 2.19. The molecule has 0 fully saturated rings. The molecule has 0 radical (unpaired) electrons. The summed E-state index contributed by atoms with van der Waals surface area (Å²) < 4.78 is 7.44. The first-order valence-electron chi connectivity index (χ1n) is 10.2. The fraction of sp³-hybridized carbons (Fsp3) is 0.130. The van der Waals surface area contributed by atoms with Gasteiger partial charge in [-0.2, -0.15) is 0 Å². The van der Waals surface area contributed by atoms with Crippen LogP contribution in [0, 0.1) is 6.92 Å². The highest BCUT2D eigenvalue weighted by molar-refractivity contribution is 7.99. The standard InChI is InChI=1S/C23H20N6O3S/c1-14-17(9-10-32-14)21-27-28-23(29(21)12-15-5-3-2-4-6-15)33-13-20(30)24-16-7-8-18-19(11-16)26-22(31)25-18/h2-11H,12-13H2,1H3,(H,24,30)(H2,25,26,31). The maximum Gasteiger partial charge on any atom is 0.323 e. The molecule has 0 saturated heterocycles. The van der Waals surface area contributed by atoms with Crippen LogP contribution in [0.5, 0.6) is 0 Å². The Bertz CT molecular complexity index is 1480. The van der Waals surface area contributed by atoms with Crippen LogP contribution in [0.1, 0.15) is 11.3 Å². The molecule has 10 heteroatoms. The molecule has 0 unspecified atom stereocenters. The summed E-state index contributed by atoms with van der Waals surface area (Å²) >= 11 is 1.31. The molecule has 166 valence electrons. The van der Waals surface area contributed by atoms with E-state index in [1.807, 2.05) is 47.9 Å². The number of nitrogens with zero attached hydrogens (tertiary/aromatic N) is 3. The van der Waals surface area contributed by atoms with E-state index in [4.69, 9.17) is 4.42 Å². The van der Waals surface area contributed by atoms with Crippen molar-refractivity contribution in [3.63, 3.8) is 0 Å². The summed E-state index contributed by atoms with van der Waals surface area (Å²) in [6.45, 7) is 2.45. The molecule has 0 aliphatic heterocycles. The van der Waals surface area contributed by atoms with Crippen molar-refractivity contribution in [2.75, 3.05) is 11.1 Å². The molecular weight excluding hydrogens is 440 g/mol. The van der Waals surface area contributed by atoms with Crippen LogP contribution in [-0.2, 0) is 11.3 Å². The molecule has 1 amide bonds. The van der Waals surface area contributed by atoms with E-state index >= 15 is 0 Å². The van der Waals surface area contributed by atoms with Crippen LogP contribution >= 0.6 is 11.8 Å². The van der Waals surface area contributed by atoms with Gasteiger partial charge in [-0.3, -0.25) is 9.36 Å². The number of H-pyrrole nitrogens is 2. The summed E-state index contributed by atoms with van der Waals surface area (Å²) in [6.07, 6.45) is 1.63. The van der Waals surface area contributed by atoms with Gasteiger partial charge in [-0.05, 0) is 36.8 Å². The maximum atomic E-state index is 12.6. The molecule has 0 aliphatic carbocycles. The van der Waals surface area contributed by atoms with Crippen molar-refractivity contribution < 1.29 is 9.21 Å². The highest BCUT2D eigenvalue weighted by atomic mass is 32.2. The van der Waals surface area contributed by atoms with E-state index in [0.29, 0.717) is 34.2 Å². The van der Waals surface area contributed by atoms with Crippen molar-refractivity contribution in [2.45, 2.75) is 18.6 Å². The molecule has 5 rings (SSSR count). The summed E-state index contributed by atoms with van der Waals surface area (Å²) in [5.41, 5.74) is 3.59. The molecule has 0 bridgehead atoms. The first-order chi connectivity index (χ1) is 16.1. The number of rotatable bonds is 7. The summed E-state index contributed by atoms with van der Waals surface area (Å²) in [5, 5.41) is 12.2. The van der Waals surface area contributed by atoms with Crippen LogP contribution in [0.15, 0.2) is 75.2 Å². The van der Waals surface area contributed by atoms with E-state index in [9.17, 15) is 9.59 Å². The lowest BCUT2D eigenvalue weighted by Gasteiger charge is -2.10. The lowest BCUT2D eigenvalue weighted by atomic mass is 10.2. The van der Waals surface area contributed by atoms with E-state index in [1.165, 1.54) is 11.8 Å². The average Bonchev–Trinajstić information content (AvgIpc) is 3.50. The smallest absolute Gasteiger partial charge is 0.323 e. The number of anilines is 1. The second-order valence-electron chi connectivity index (χ2n) is 7.44. The average molecular weight is 461 g/mol. The molecular formula is C23H20N6O3S. The van der Waals surface area contributed by atoms with Gasteiger partial charge < -0.3 is 19.7 Å². The summed E-state index contributed by atoms with van der Waals surface area (Å²) in [5.74, 6) is 1.41. The molecule has 3 aromatic heterocycles. The Morgan fingerprint density at radius 1 is 1.09 bits per heavy atom. The van der Waals surface area contributed by atoms with Crippen LogP contribution in [0.2, 0.25) is 0 Å². The lowest BCUT2D eigenvalue weighted by molar-refractivity contribution is -0.113. The van der Waals surface area contributed by atoms with E-state index in [0.717, 1.165) is 16.9 Å². The number of benzene rings is 2. The predicted octanol–water partition coefficient (Wildman–Crippen LogP) is 3.80. The quantitative estimate of drug-likeness (QED) is 0.318. The van der Waals surface area contributed by atoms with Crippen LogP contribution in [0.25, 0.3) is 22.4 Å². The normalized spacial score (nSPS) is 11.2. The van der Waals surface area contributed by atoms with Gasteiger partial charge in [0.25, 0.3) is 0 Å². The fourth-order valence-electron chi connectivity index (χ4n) is 3.56. The Morgan fingerprint density at radius 3 is 2.70 bits per heavy atom. The van der Waals surface area contributed by atoms with Gasteiger partial charge in [0.1, 0.15) is 5.76 Å². The molecule has 9 nitrogen and oxygen atoms in total. The third-order valence-electron chi connectivity index (χ3n) is 5.13. The number of nitrogens with one attached hydrogen (secondary N) is 3. The number of amides is 1. The number of carbonyl (C=O) groups is 1. The van der Waals surface area contributed by atoms with Gasteiger partial charge in [-0.1, -0.05) is 42.1 Å². The number of fused-ring (bicyclic) bond motifs is 1. The number of imidazole rings is 1. The molecule has 3 N–H and O–H groups in total. The number of aromatic amines is 2. The molecule has 0 spiro atoms. The maximum absolute atomic E-state index is 12.6. The van der Waals surface area contributed by atoms with E-state index in [1.54, 1.807) is 24.5 Å². The second-order valence-corrected chi connectivity index (χ2v) is 8.39. The number of hydrogen-bond donors (Lipinski definition) is 3. The lowest BCUT2D eigenvalue weighted by Crippen LogP contribution is -2.14. The van der Waals surface area contributed by atoms with Gasteiger partial charge >= 0.3 is 5.69 Å². The Morgan fingerprint density at radius 2 is 1.91 bits per heavy atom. The SMILES string of the molecule is Cc1occc1-c1nnc(SCC(=O)Nc2ccc3[nH]c(=O)[nH]c3c2)n1Cc1ccccc1. The Hall–Kier alpha value is -4.05. The summed E-state index contributed by atoms with van der Waals surface area (Å²) in [4.78, 5) is 29.4. The number of aromatic nitrogens is 5. The monoisotopic (exact) mass is 460 g/mol. The zero-order chi connectivity index (χ0) is 22.8. The zero-order valence-corrected chi connectivity index (χ0v) is 18.5. The van der Waals surface area contributed by atoms with Crippen LogP contribution < -0.4 is 11.0 Å². The molecule has 0 saturated carbocycles. The third-order valence-corrected chi connectivity index (χ3v) is 6.10. The number of thioether (sulfide) groups is 1. The van der Waals surface area contributed by atoms with Crippen LogP contribution in [0.4, 0.5) is 5.69 Å². The fourth-order valence-corrected chi connectivity index (χ4v) is 4.30. The number of aryl methyl sites for hydroxylation is 1. The van der Waals surface area contributed by atoms with E-state index < -0.39 is 0 Å². The minimum Gasteiger partial charge on any atom is -0.469 e. The molecule has 0 aliphatic rings. The first kappa shape index (κ1) is 20.8. The predicted molar refractivity (Wildman–Crippen MR) is 126 cm³/mol. The molecule has 5 aromatic rings. The van der Waals surface area contributed by atoms with Crippen molar-refractivity contribution in [1.82, 2.24) is 24.7 Å². The van der Waals surface area contributed by atoms with Crippen molar-refractivity contribution in [2.24, 2.45) is 0 Å². The molecule has 2 aromatic carbocycles. The summed E-state index contributed by atoms with van der Waals surface area (Å²) in [6, 6.07) is 17.1. The Kier molecular flexibility index (Phi) is 5.57. The van der Waals surface area contributed by atoms with Gasteiger partial charge in [0.05, 0.1) is 35.2 Å². The van der Waals surface area contributed by atoms with Gasteiger partial charge in [0.15, 0.2) is 11.0 Å². The molecule has 33 heavy (non-hydrogen) atoms. The third kappa shape index (κ3) is 4.46. The van der Waals surface area contributed by atoms with Gasteiger partial charge in [-0.15, -0.1) is 10.2 Å². The largest absolute Gasteiger partial charge is 0.469 e. The number of hydrogen-bond acceptors (Lipinski definition) is 6. The Balaban J connectivity index is 1.34. The van der Waals surface area contributed by atoms with Crippen LogP contribution in [0.3, 0.4) is 0 Å². The van der Waals surface area contributed by atoms with Gasteiger partial charge in [0, 0.05) is 5.69 Å². The van der Waals surface area contributed by atoms with Gasteiger partial charge in [-0.25, -0.2) is 4.79 Å². The Labute approximate surface area is 192 Å². The first-order valence-corrected chi connectivity index (χ1v) is 11.2. The van der Waals surface area contributed by atoms with Crippen LogP contribution in [-0.4, -0.2) is 36.4 Å². The minimum atomic E-state index is -0.287.